The molecule has 21 heavy (non-hydrogen) atoms. The van der Waals surface area contributed by atoms with Gasteiger partial charge >= 0.3 is 0 Å². The van der Waals surface area contributed by atoms with Crippen molar-refractivity contribution < 1.29 is 9.84 Å². The number of aliphatic hydroxyl groups excluding tert-OH is 1. The van der Waals surface area contributed by atoms with E-state index in [-0.39, 0.29) is 5.41 Å². The second kappa shape index (κ2) is 6.42. The smallest absolute Gasteiger partial charge is 0.104 e. The van der Waals surface area contributed by atoms with Crippen LogP contribution in [0.4, 0.5) is 0 Å². The van der Waals surface area contributed by atoms with Crippen LogP contribution >= 0.6 is 0 Å². The van der Waals surface area contributed by atoms with E-state index in [4.69, 9.17) is 4.74 Å². The molecule has 0 aliphatic carbocycles. The first-order valence-corrected chi connectivity index (χ1v) is 7.28. The van der Waals surface area contributed by atoms with Crippen LogP contribution in [0.3, 0.4) is 0 Å². The fourth-order valence-electron chi connectivity index (χ4n) is 2.32. The van der Waals surface area contributed by atoms with Crippen molar-refractivity contribution in [2.24, 2.45) is 0 Å². The van der Waals surface area contributed by atoms with Crippen molar-refractivity contribution in [1.29, 1.82) is 0 Å². The van der Waals surface area contributed by atoms with Gasteiger partial charge in [-0.1, -0.05) is 69.3 Å². The SMILES string of the molecule is COCc1ccc(C(O)c2ccc(C(C)(C)C)cc2)cc1. The lowest BCUT2D eigenvalue weighted by Gasteiger charge is -2.20. The standard InChI is InChI=1S/C19H24O2/c1-19(2,3)17-11-9-16(10-12-17)18(20)15-7-5-14(6-8-15)13-21-4/h5-12,18,20H,13H2,1-4H3. The minimum atomic E-state index is -0.587. The number of hydrogen-bond acceptors (Lipinski definition) is 2. The van der Waals surface area contributed by atoms with Gasteiger partial charge in [0.15, 0.2) is 0 Å². The number of hydrogen-bond donors (Lipinski definition) is 1. The van der Waals surface area contributed by atoms with Gasteiger partial charge in [-0.05, 0) is 27.7 Å². The molecule has 0 radical (unpaired) electrons. The van der Waals surface area contributed by atoms with Gasteiger partial charge < -0.3 is 9.84 Å². The molecule has 2 nitrogen and oxygen atoms in total. The molecule has 1 unspecified atom stereocenters. The third-order valence-corrected chi connectivity index (χ3v) is 3.70. The molecule has 0 aliphatic heterocycles. The van der Waals surface area contributed by atoms with Gasteiger partial charge in [-0.25, -0.2) is 0 Å². The highest BCUT2D eigenvalue weighted by Crippen LogP contribution is 2.26. The molecule has 0 spiro atoms. The zero-order valence-corrected chi connectivity index (χ0v) is 13.3. The minimum Gasteiger partial charge on any atom is -0.384 e. The van der Waals surface area contributed by atoms with E-state index in [0.717, 1.165) is 16.7 Å². The van der Waals surface area contributed by atoms with E-state index in [1.807, 2.05) is 36.4 Å². The average Bonchev–Trinajstić information content (AvgIpc) is 2.47. The first kappa shape index (κ1) is 15.7. The zero-order valence-electron chi connectivity index (χ0n) is 13.3. The van der Waals surface area contributed by atoms with E-state index < -0.39 is 6.10 Å². The van der Waals surface area contributed by atoms with Crippen LogP contribution in [0.5, 0.6) is 0 Å². The molecule has 1 atom stereocenters. The zero-order chi connectivity index (χ0) is 15.5. The fraction of sp³-hybridized carbons (Fsp3) is 0.368. The van der Waals surface area contributed by atoms with Crippen LogP contribution < -0.4 is 0 Å². The van der Waals surface area contributed by atoms with E-state index in [2.05, 4.69) is 32.9 Å². The Morgan fingerprint density at radius 1 is 0.905 bits per heavy atom. The molecular formula is C19H24O2. The van der Waals surface area contributed by atoms with Crippen LogP contribution in [0.25, 0.3) is 0 Å². The van der Waals surface area contributed by atoms with Crippen molar-refractivity contribution >= 4 is 0 Å². The summed E-state index contributed by atoms with van der Waals surface area (Å²) in [6.07, 6.45) is -0.587. The molecule has 0 aromatic heterocycles. The largest absolute Gasteiger partial charge is 0.384 e. The second-order valence-electron chi connectivity index (χ2n) is 6.45. The summed E-state index contributed by atoms with van der Waals surface area (Å²) in [5.41, 5.74) is 4.33. The van der Waals surface area contributed by atoms with Gasteiger partial charge in [-0.2, -0.15) is 0 Å². The quantitative estimate of drug-likeness (QED) is 0.911. The molecular weight excluding hydrogens is 260 g/mol. The van der Waals surface area contributed by atoms with Crippen LogP contribution in [0.15, 0.2) is 48.5 Å². The number of ether oxygens (including phenoxy) is 1. The lowest BCUT2D eigenvalue weighted by molar-refractivity contribution is 0.184. The number of methoxy groups -OCH3 is 1. The predicted octanol–water partition coefficient (Wildman–Crippen LogP) is 4.21. The van der Waals surface area contributed by atoms with E-state index in [1.165, 1.54) is 5.56 Å². The second-order valence-corrected chi connectivity index (χ2v) is 6.45. The molecule has 0 amide bonds. The van der Waals surface area contributed by atoms with Crippen LogP contribution in [0.2, 0.25) is 0 Å². The molecule has 0 fully saturated rings. The summed E-state index contributed by atoms with van der Waals surface area (Å²) in [5, 5.41) is 10.5. The number of aliphatic hydroxyl groups is 1. The van der Waals surface area contributed by atoms with Crippen molar-refractivity contribution in [3.63, 3.8) is 0 Å². The molecule has 1 N–H and O–H groups in total. The van der Waals surface area contributed by atoms with Crippen molar-refractivity contribution in [2.75, 3.05) is 7.11 Å². The minimum absolute atomic E-state index is 0.130. The summed E-state index contributed by atoms with van der Waals surface area (Å²) in [7, 11) is 1.68. The van der Waals surface area contributed by atoms with Crippen LogP contribution in [-0.4, -0.2) is 12.2 Å². The van der Waals surface area contributed by atoms with Crippen LogP contribution in [0, 0.1) is 0 Å². The fourth-order valence-corrected chi connectivity index (χ4v) is 2.32. The Kier molecular flexibility index (Phi) is 4.81. The van der Waals surface area contributed by atoms with Gasteiger partial charge in [0, 0.05) is 7.11 Å². The van der Waals surface area contributed by atoms with E-state index in [1.54, 1.807) is 7.11 Å². The Morgan fingerprint density at radius 3 is 1.81 bits per heavy atom. The molecule has 0 saturated carbocycles. The normalized spacial score (nSPS) is 13.2. The Bertz CT molecular complexity index is 562. The Labute approximate surface area is 127 Å². The van der Waals surface area contributed by atoms with Crippen LogP contribution in [0.1, 0.15) is 49.1 Å². The maximum absolute atomic E-state index is 10.5. The van der Waals surface area contributed by atoms with Crippen LogP contribution in [-0.2, 0) is 16.8 Å². The molecule has 0 bridgehead atoms. The molecule has 0 saturated heterocycles. The lowest BCUT2D eigenvalue weighted by atomic mass is 9.86. The molecule has 2 aromatic carbocycles. The summed E-state index contributed by atoms with van der Waals surface area (Å²) in [4.78, 5) is 0. The molecule has 112 valence electrons. The highest BCUT2D eigenvalue weighted by atomic mass is 16.5. The number of benzene rings is 2. The molecule has 2 rings (SSSR count). The Hall–Kier alpha value is -1.64. The molecule has 0 aliphatic rings. The predicted molar refractivity (Wildman–Crippen MR) is 86.4 cm³/mol. The first-order chi connectivity index (χ1) is 9.91. The third-order valence-electron chi connectivity index (χ3n) is 3.70. The maximum atomic E-state index is 10.5. The van der Waals surface area contributed by atoms with Gasteiger partial charge in [0.1, 0.15) is 6.10 Å². The third kappa shape index (κ3) is 3.93. The van der Waals surface area contributed by atoms with E-state index in [0.29, 0.717) is 6.61 Å². The van der Waals surface area contributed by atoms with Gasteiger partial charge in [0.25, 0.3) is 0 Å². The monoisotopic (exact) mass is 284 g/mol. The van der Waals surface area contributed by atoms with E-state index in [9.17, 15) is 5.11 Å². The van der Waals surface area contributed by atoms with Gasteiger partial charge in [-0.3, -0.25) is 0 Å². The van der Waals surface area contributed by atoms with Gasteiger partial charge in [0.2, 0.25) is 0 Å². The van der Waals surface area contributed by atoms with Crippen molar-refractivity contribution in [3.8, 4) is 0 Å². The number of rotatable bonds is 4. The highest BCUT2D eigenvalue weighted by molar-refractivity contribution is 5.34. The summed E-state index contributed by atoms with van der Waals surface area (Å²) in [5.74, 6) is 0. The summed E-state index contributed by atoms with van der Waals surface area (Å²) >= 11 is 0. The maximum Gasteiger partial charge on any atom is 0.104 e. The Balaban J connectivity index is 2.17. The topological polar surface area (TPSA) is 29.5 Å². The van der Waals surface area contributed by atoms with Crippen molar-refractivity contribution in [2.45, 2.75) is 38.9 Å². The summed E-state index contributed by atoms with van der Waals surface area (Å²) in [6, 6.07) is 16.1. The van der Waals surface area contributed by atoms with Crippen molar-refractivity contribution in [1.82, 2.24) is 0 Å². The van der Waals surface area contributed by atoms with E-state index >= 15 is 0 Å². The molecule has 2 heteroatoms. The Morgan fingerprint density at radius 2 is 1.38 bits per heavy atom. The average molecular weight is 284 g/mol. The molecule has 0 heterocycles. The van der Waals surface area contributed by atoms with Gasteiger partial charge in [-0.15, -0.1) is 0 Å². The van der Waals surface area contributed by atoms with Crippen molar-refractivity contribution in [3.05, 3.63) is 70.8 Å². The molecule has 2 aromatic rings. The first-order valence-electron chi connectivity index (χ1n) is 7.28. The highest BCUT2D eigenvalue weighted by Gasteiger charge is 2.15. The lowest BCUT2D eigenvalue weighted by Crippen LogP contribution is -2.11. The van der Waals surface area contributed by atoms with Gasteiger partial charge in [0.05, 0.1) is 6.61 Å². The summed E-state index contributed by atoms with van der Waals surface area (Å²) < 4.78 is 5.10. The summed E-state index contributed by atoms with van der Waals surface area (Å²) in [6.45, 7) is 7.16.